The van der Waals surface area contributed by atoms with Crippen molar-refractivity contribution in [3.05, 3.63) is 0 Å². The van der Waals surface area contributed by atoms with Crippen molar-refractivity contribution in [2.45, 2.75) is 23.8 Å². The summed E-state index contributed by atoms with van der Waals surface area (Å²) in [6, 6.07) is 0.105. The topological polar surface area (TPSA) is 36.9 Å². The first-order valence-electron chi connectivity index (χ1n) is 4.54. The van der Waals surface area contributed by atoms with Gasteiger partial charge in [-0.05, 0) is 0 Å². The third-order valence-corrected chi connectivity index (χ3v) is 2.86. The molecule has 1 unspecified atom stereocenters. The number of rotatable bonds is 3. The Kier molecular flexibility index (Phi) is 2.36. The minimum absolute atomic E-state index is 0.0162. The molecule has 2 fully saturated rings. The van der Waals surface area contributed by atoms with Crippen LogP contribution in [0.1, 0.15) is 0 Å². The quantitative estimate of drug-likeness (QED) is 0.517. The van der Waals surface area contributed by atoms with Crippen molar-refractivity contribution < 1.29 is 18.9 Å². The first-order chi connectivity index (χ1) is 6.23. The molecular formula is C8H15BO4. The van der Waals surface area contributed by atoms with E-state index in [2.05, 4.69) is 0 Å². The molecule has 4 nitrogen and oxygen atoms in total. The van der Waals surface area contributed by atoms with Crippen LogP contribution in [0.2, 0.25) is 0 Å². The lowest BCUT2D eigenvalue weighted by atomic mass is 9.92. The van der Waals surface area contributed by atoms with Crippen LogP contribution in [0.3, 0.4) is 0 Å². The van der Waals surface area contributed by atoms with Crippen LogP contribution in [0.4, 0.5) is 0 Å². The van der Waals surface area contributed by atoms with E-state index in [-0.39, 0.29) is 23.8 Å². The molecule has 0 aromatic heterocycles. The average Bonchev–Trinajstić information content (AvgIpc) is 2.55. The minimum atomic E-state index is -0.367. The highest BCUT2D eigenvalue weighted by Crippen LogP contribution is 2.40. The molecule has 0 saturated carbocycles. The number of hydrogen-bond donors (Lipinski definition) is 0. The van der Waals surface area contributed by atoms with Gasteiger partial charge in [-0.1, -0.05) is 0 Å². The Morgan fingerprint density at radius 3 is 2.85 bits per heavy atom. The van der Waals surface area contributed by atoms with Crippen molar-refractivity contribution in [2.24, 2.45) is 0 Å². The molecule has 2 aliphatic rings. The molecular weight excluding hydrogens is 171 g/mol. The second-order valence-electron chi connectivity index (χ2n) is 3.75. The Bertz CT molecular complexity index is 201. The third kappa shape index (κ3) is 1.22. The van der Waals surface area contributed by atoms with Gasteiger partial charge in [0.25, 0.3) is 0 Å². The predicted molar refractivity (Wildman–Crippen MR) is 48.6 cm³/mol. The van der Waals surface area contributed by atoms with E-state index >= 15 is 0 Å². The summed E-state index contributed by atoms with van der Waals surface area (Å²) in [5.41, 5.74) is -0.367. The number of ether oxygens (including phenoxy) is 4. The first-order valence-corrected chi connectivity index (χ1v) is 4.54. The van der Waals surface area contributed by atoms with Crippen LogP contribution in [-0.2, 0) is 18.9 Å². The number of methoxy groups -OCH3 is 2. The summed E-state index contributed by atoms with van der Waals surface area (Å²) in [5.74, 6) is 0. The molecule has 2 bridgehead atoms. The lowest BCUT2D eigenvalue weighted by Gasteiger charge is -2.29. The standard InChI is InChI=1S/C8H15BO4/c1-10-3-8-4-12-5(6(8)11-2)7(9)13-8/h5-7H,3-4,9H2,1-2H3/t5-,6?,7+,8+/m0/s1. The van der Waals surface area contributed by atoms with Crippen molar-refractivity contribution in [3.8, 4) is 0 Å². The van der Waals surface area contributed by atoms with Crippen LogP contribution in [0.25, 0.3) is 0 Å². The SMILES string of the molecule is B[C@@H]1O[C@]2(COC)CO[C@H]1C2OC. The number of hydrogen-bond acceptors (Lipinski definition) is 4. The zero-order valence-electron chi connectivity index (χ0n) is 8.28. The van der Waals surface area contributed by atoms with Gasteiger partial charge in [0.2, 0.25) is 0 Å². The van der Waals surface area contributed by atoms with E-state index in [0.29, 0.717) is 13.2 Å². The van der Waals surface area contributed by atoms with Crippen LogP contribution >= 0.6 is 0 Å². The maximum atomic E-state index is 5.82. The van der Waals surface area contributed by atoms with Crippen LogP contribution in [0.15, 0.2) is 0 Å². The first kappa shape index (κ1) is 9.46. The Morgan fingerprint density at radius 2 is 2.31 bits per heavy atom. The normalized spacial score (nSPS) is 48.6. The van der Waals surface area contributed by atoms with Crippen LogP contribution in [0.5, 0.6) is 0 Å². The summed E-state index contributed by atoms with van der Waals surface area (Å²) in [7, 11) is 5.37. The van der Waals surface area contributed by atoms with Gasteiger partial charge in [-0.15, -0.1) is 0 Å². The summed E-state index contributed by atoms with van der Waals surface area (Å²) in [6.45, 7) is 1.11. The molecule has 0 radical (unpaired) electrons. The van der Waals surface area contributed by atoms with Gasteiger partial charge < -0.3 is 18.9 Å². The fourth-order valence-electron chi connectivity index (χ4n) is 2.38. The monoisotopic (exact) mass is 186 g/mol. The smallest absolute Gasteiger partial charge is 0.143 e. The summed E-state index contributed by atoms with van der Waals surface area (Å²) in [4.78, 5) is 0. The van der Waals surface area contributed by atoms with Gasteiger partial charge in [0.05, 0.1) is 19.2 Å². The van der Waals surface area contributed by atoms with Gasteiger partial charge in [0.15, 0.2) is 0 Å². The van der Waals surface area contributed by atoms with E-state index in [1.54, 1.807) is 14.2 Å². The lowest BCUT2D eigenvalue weighted by Crippen LogP contribution is -2.45. The molecule has 13 heavy (non-hydrogen) atoms. The molecule has 74 valence electrons. The van der Waals surface area contributed by atoms with Crippen molar-refractivity contribution in [3.63, 3.8) is 0 Å². The molecule has 5 heteroatoms. The van der Waals surface area contributed by atoms with Crippen LogP contribution in [0, 0.1) is 0 Å². The van der Waals surface area contributed by atoms with Crippen molar-refractivity contribution in [1.29, 1.82) is 0 Å². The fraction of sp³-hybridized carbons (Fsp3) is 1.00. The molecule has 0 amide bonds. The van der Waals surface area contributed by atoms with Gasteiger partial charge in [0, 0.05) is 14.2 Å². The van der Waals surface area contributed by atoms with Gasteiger partial charge in [0.1, 0.15) is 25.7 Å². The van der Waals surface area contributed by atoms with E-state index in [1.807, 2.05) is 7.85 Å². The largest absolute Gasteiger partial charge is 0.381 e. The second-order valence-corrected chi connectivity index (χ2v) is 3.75. The Labute approximate surface area is 78.9 Å². The summed E-state index contributed by atoms with van der Waals surface area (Å²) < 4.78 is 21.9. The zero-order valence-corrected chi connectivity index (χ0v) is 8.28. The van der Waals surface area contributed by atoms with Gasteiger partial charge >= 0.3 is 0 Å². The molecule has 0 aliphatic carbocycles. The maximum absolute atomic E-state index is 5.82. The average molecular weight is 186 g/mol. The van der Waals surface area contributed by atoms with Gasteiger partial charge in [-0.3, -0.25) is 0 Å². The Balaban J connectivity index is 2.17. The molecule has 0 aromatic carbocycles. The van der Waals surface area contributed by atoms with E-state index in [1.165, 1.54) is 0 Å². The predicted octanol–water partition coefficient (Wildman–Crippen LogP) is -1.23. The molecule has 2 aliphatic heterocycles. The van der Waals surface area contributed by atoms with Gasteiger partial charge in [-0.2, -0.15) is 0 Å². The third-order valence-electron chi connectivity index (χ3n) is 2.86. The van der Waals surface area contributed by atoms with Crippen molar-refractivity contribution in [1.82, 2.24) is 0 Å². The van der Waals surface area contributed by atoms with E-state index in [4.69, 9.17) is 18.9 Å². The summed E-state index contributed by atoms with van der Waals surface area (Å²) in [6.07, 6.45) is 0.0857. The van der Waals surface area contributed by atoms with Gasteiger partial charge in [-0.25, -0.2) is 0 Å². The zero-order chi connectivity index (χ0) is 9.47. The van der Waals surface area contributed by atoms with Crippen molar-refractivity contribution >= 4 is 7.85 Å². The highest BCUT2D eigenvalue weighted by molar-refractivity contribution is 6.11. The Morgan fingerprint density at radius 1 is 1.54 bits per heavy atom. The molecule has 2 rings (SSSR count). The molecule has 2 heterocycles. The highest BCUT2D eigenvalue weighted by Gasteiger charge is 2.60. The molecule has 0 aromatic rings. The minimum Gasteiger partial charge on any atom is -0.381 e. The summed E-state index contributed by atoms with van der Waals surface area (Å²) >= 11 is 0. The lowest BCUT2D eigenvalue weighted by molar-refractivity contribution is -0.144. The molecule has 2 saturated heterocycles. The van der Waals surface area contributed by atoms with E-state index < -0.39 is 0 Å². The fourth-order valence-corrected chi connectivity index (χ4v) is 2.38. The Hall–Kier alpha value is -0.0951. The maximum Gasteiger partial charge on any atom is 0.143 e. The molecule has 0 N–H and O–H groups in total. The number of fused-ring (bicyclic) bond motifs is 2. The highest BCUT2D eigenvalue weighted by atomic mass is 16.7. The second kappa shape index (κ2) is 3.24. The van der Waals surface area contributed by atoms with Crippen LogP contribution in [-0.4, -0.2) is 59.1 Å². The van der Waals surface area contributed by atoms with Crippen LogP contribution < -0.4 is 0 Å². The molecule has 0 spiro atoms. The summed E-state index contributed by atoms with van der Waals surface area (Å²) in [5, 5.41) is 0. The molecule has 4 atom stereocenters. The van der Waals surface area contributed by atoms with E-state index in [0.717, 1.165) is 0 Å². The van der Waals surface area contributed by atoms with Crippen molar-refractivity contribution in [2.75, 3.05) is 27.4 Å². The van der Waals surface area contributed by atoms with E-state index in [9.17, 15) is 0 Å².